The van der Waals surface area contributed by atoms with Gasteiger partial charge in [0, 0.05) is 13.2 Å². The normalized spacial score (nSPS) is 20.6. The van der Waals surface area contributed by atoms with Gasteiger partial charge in [-0.05, 0) is 0 Å². The Bertz CT molecular complexity index is 23.6. The van der Waals surface area contributed by atoms with E-state index in [1.807, 2.05) is 0 Å². The summed E-state index contributed by atoms with van der Waals surface area (Å²) in [6, 6.07) is 0. The molecule has 0 amide bonds. The zero-order valence-corrected chi connectivity index (χ0v) is 7.49. The molecule has 0 N–H and O–H groups in total. The van der Waals surface area contributed by atoms with Crippen LogP contribution >= 0.6 is 0 Å². The largest absolute Gasteiger partial charge is 2.00 e. The first kappa shape index (κ1) is 7.58. The van der Waals surface area contributed by atoms with E-state index in [0.29, 0.717) is 0 Å². The van der Waals surface area contributed by atoms with E-state index in [-0.39, 0.29) is 19.5 Å². The first-order chi connectivity index (χ1) is 3.00. The zero-order valence-electron chi connectivity index (χ0n) is 4.52. The van der Waals surface area contributed by atoms with Crippen molar-refractivity contribution >= 4 is 0 Å². The van der Waals surface area contributed by atoms with Gasteiger partial charge in [-0.1, -0.05) is 0 Å². The molecule has 0 aromatic heterocycles. The van der Waals surface area contributed by atoms with E-state index in [1.165, 1.54) is 0 Å². The molecule has 1 fully saturated rings. The van der Waals surface area contributed by atoms with Gasteiger partial charge in [0.1, 0.15) is 0 Å². The molecule has 0 spiro atoms. The Balaban J connectivity index is 0.000000360. The van der Waals surface area contributed by atoms with Crippen LogP contribution in [0, 0.1) is 6.42 Å². The maximum absolute atomic E-state index is 5.04. The summed E-state index contributed by atoms with van der Waals surface area (Å²) in [4.78, 5) is 0. The average molecular weight is 151 g/mol. The summed E-state index contributed by atoms with van der Waals surface area (Å²) >= 11 is 0. The van der Waals surface area contributed by atoms with Gasteiger partial charge in [0.25, 0.3) is 0 Å². The molecular formula is C5H9OZn+. The van der Waals surface area contributed by atoms with Gasteiger partial charge < -0.3 is 11.2 Å². The average Bonchev–Trinajstić information content (AvgIpc) is 1.72. The fraction of sp³-hybridized carbons (Fsp3) is 0.800. The van der Waals surface area contributed by atoms with Crippen molar-refractivity contribution in [2.75, 3.05) is 13.2 Å². The molecule has 0 saturated carbocycles. The Labute approximate surface area is 57.2 Å². The summed E-state index contributed by atoms with van der Waals surface area (Å²) in [5.74, 6) is 0. The number of hydrogen-bond donors (Lipinski definition) is 0. The van der Waals surface area contributed by atoms with E-state index < -0.39 is 0 Å². The number of hydrogen-bond acceptors (Lipinski definition) is 1. The molecule has 1 nitrogen and oxygen atoms in total. The van der Waals surface area contributed by atoms with Crippen LogP contribution in [0.4, 0.5) is 0 Å². The summed E-state index contributed by atoms with van der Waals surface area (Å²) in [5, 5.41) is 0. The Morgan fingerprint density at radius 1 is 1.14 bits per heavy atom. The van der Waals surface area contributed by atoms with Gasteiger partial charge >= 0.3 is 19.5 Å². The van der Waals surface area contributed by atoms with Crippen LogP contribution in [0.2, 0.25) is 0 Å². The molecule has 0 atom stereocenters. The van der Waals surface area contributed by atoms with E-state index in [4.69, 9.17) is 4.74 Å². The second-order valence-electron chi connectivity index (χ2n) is 1.48. The molecule has 0 aliphatic carbocycles. The molecule has 0 aromatic rings. The minimum Gasteiger partial charge on any atom is -0.387 e. The maximum Gasteiger partial charge on any atom is 2.00 e. The molecule has 0 aromatic carbocycles. The molecule has 1 saturated heterocycles. The molecular weight excluding hydrogens is 141 g/mol. The second-order valence-corrected chi connectivity index (χ2v) is 1.48. The van der Waals surface area contributed by atoms with Crippen LogP contribution < -0.4 is 0 Å². The molecule has 1 rings (SSSR count). The minimum atomic E-state index is 0. The third-order valence-corrected chi connectivity index (χ3v) is 0.933. The van der Waals surface area contributed by atoms with Gasteiger partial charge in [0.05, 0.1) is 0 Å². The molecule has 1 heterocycles. The van der Waals surface area contributed by atoms with Crippen LogP contribution in [0.1, 0.15) is 12.8 Å². The molecule has 0 unspecified atom stereocenters. The van der Waals surface area contributed by atoms with Crippen molar-refractivity contribution in [1.29, 1.82) is 0 Å². The van der Waals surface area contributed by atoms with Crippen molar-refractivity contribution in [2.24, 2.45) is 0 Å². The third kappa shape index (κ3) is 3.19. The predicted octanol–water partition coefficient (Wildman–Crippen LogP) is 0.999. The molecule has 0 radical (unpaired) electrons. The van der Waals surface area contributed by atoms with Gasteiger partial charge in [-0.15, -0.1) is 0 Å². The standard InChI is InChI=1S/C5H9O.Zn/c1-2-4-6-5-3-1;/h1H,2-5H2;/q-1;+2. The Hall–Kier alpha value is 0.583. The minimum absolute atomic E-state index is 0. The smallest absolute Gasteiger partial charge is 0.387 e. The van der Waals surface area contributed by atoms with Gasteiger partial charge in [0.2, 0.25) is 0 Å². The molecule has 1 aliphatic heterocycles. The van der Waals surface area contributed by atoms with Crippen molar-refractivity contribution in [3.8, 4) is 0 Å². The fourth-order valence-corrected chi connectivity index (χ4v) is 0.580. The maximum atomic E-state index is 5.04. The first-order valence-electron chi connectivity index (χ1n) is 2.39. The molecule has 36 valence electrons. The quantitative estimate of drug-likeness (QED) is 0.370. The van der Waals surface area contributed by atoms with Crippen molar-refractivity contribution in [3.05, 3.63) is 6.42 Å². The van der Waals surface area contributed by atoms with Gasteiger partial charge in [-0.25, -0.2) is 0 Å². The first-order valence-corrected chi connectivity index (χ1v) is 2.39. The van der Waals surface area contributed by atoms with Crippen LogP contribution in [0.3, 0.4) is 0 Å². The van der Waals surface area contributed by atoms with Crippen molar-refractivity contribution in [2.45, 2.75) is 12.8 Å². The zero-order chi connectivity index (χ0) is 4.24. The predicted molar refractivity (Wildman–Crippen MR) is 24.4 cm³/mol. The Morgan fingerprint density at radius 2 is 1.71 bits per heavy atom. The number of rotatable bonds is 0. The summed E-state index contributed by atoms with van der Waals surface area (Å²) in [6.45, 7) is 1.89. The van der Waals surface area contributed by atoms with Crippen molar-refractivity contribution < 1.29 is 24.2 Å². The van der Waals surface area contributed by atoms with E-state index in [9.17, 15) is 0 Å². The third-order valence-electron chi connectivity index (χ3n) is 0.933. The van der Waals surface area contributed by atoms with Crippen LogP contribution in [-0.4, -0.2) is 13.2 Å². The fourth-order valence-electron chi connectivity index (χ4n) is 0.580. The summed E-state index contributed by atoms with van der Waals surface area (Å²) in [7, 11) is 0. The van der Waals surface area contributed by atoms with E-state index in [0.717, 1.165) is 26.1 Å². The monoisotopic (exact) mass is 149 g/mol. The summed E-state index contributed by atoms with van der Waals surface area (Å²) in [6.07, 6.45) is 4.57. The van der Waals surface area contributed by atoms with Gasteiger partial charge in [-0.3, -0.25) is 0 Å². The number of ether oxygens (including phenoxy) is 1. The van der Waals surface area contributed by atoms with E-state index in [1.54, 1.807) is 0 Å². The summed E-state index contributed by atoms with van der Waals surface area (Å²) < 4.78 is 5.04. The Morgan fingerprint density at radius 3 is 1.86 bits per heavy atom. The van der Waals surface area contributed by atoms with Gasteiger partial charge in [-0.2, -0.15) is 12.8 Å². The van der Waals surface area contributed by atoms with Crippen LogP contribution in [0.5, 0.6) is 0 Å². The summed E-state index contributed by atoms with van der Waals surface area (Å²) in [5.41, 5.74) is 0. The molecule has 2 heteroatoms. The second kappa shape index (κ2) is 4.74. The van der Waals surface area contributed by atoms with E-state index >= 15 is 0 Å². The van der Waals surface area contributed by atoms with Crippen molar-refractivity contribution in [3.63, 3.8) is 0 Å². The van der Waals surface area contributed by atoms with Gasteiger partial charge in [0.15, 0.2) is 0 Å². The molecule has 1 aliphatic rings. The van der Waals surface area contributed by atoms with Crippen LogP contribution in [0.25, 0.3) is 0 Å². The molecule has 7 heavy (non-hydrogen) atoms. The van der Waals surface area contributed by atoms with Crippen LogP contribution in [0.15, 0.2) is 0 Å². The van der Waals surface area contributed by atoms with Crippen molar-refractivity contribution in [1.82, 2.24) is 0 Å². The Kier molecular flexibility index (Phi) is 5.13. The molecule has 0 bridgehead atoms. The van der Waals surface area contributed by atoms with Crippen LogP contribution in [-0.2, 0) is 24.2 Å². The van der Waals surface area contributed by atoms with E-state index in [2.05, 4.69) is 6.42 Å². The topological polar surface area (TPSA) is 9.23 Å². The SMILES string of the molecule is [CH-]1CCOCC1.[Zn+2].